The fourth-order valence-electron chi connectivity index (χ4n) is 2.94. The van der Waals surface area contributed by atoms with E-state index in [9.17, 15) is 0 Å². The molecule has 1 aliphatic rings. The first-order valence-electron chi connectivity index (χ1n) is 7.38. The first-order valence-corrected chi connectivity index (χ1v) is 7.38. The van der Waals surface area contributed by atoms with E-state index < -0.39 is 0 Å². The van der Waals surface area contributed by atoms with Crippen molar-refractivity contribution in [1.29, 1.82) is 0 Å². The second-order valence-electron chi connectivity index (χ2n) is 5.55. The van der Waals surface area contributed by atoms with Crippen molar-refractivity contribution in [1.82, 2.24) is 19.7 Å². The summed E-state index contributed by atoms with van der Waals surface area (Å²) in [6, 6.07) is 0.477. The fourth-order valence-corrected chi connectivity index (χ4v) is 2.94. The van der Waals surface area contributed by atoms with E-state index in [1.54, 1.807) is 12.4 Å². The van der Waals surface area contributed by atoms with Gasteiger partial charge in [-0.05, 0) is 19.8 Å². The lowest BCUT2D eigenvalue weighted by Gasteiger charge is -2.14. The van der Waals surface area contributed by atoms with Crippen molar-refractivity contribution in [3.05, 3.63) is 24.3 Å². The maximum atomic E-state index is 6.14. The van der Waals surface area contributed by atoms with Gasteiger partial charge in [-0.25, -0.2) is 0 Å². The molecule has 1 aliphatic carbocycles. The molecule has 1 saturated carbocycles. The van der Waals surface area contributed by atoms with Crippen LogP contribution in [0.1, 0.15) is 50.3 Å². The molecule has 2 aromatic heterocycles. The van der Waals surface area contributed by atoms with Crippen molar-refractivity contribution in [2.45, 2.75) is 51.5 Å². The van der Waals surface area contributed by atoms with Crippen LogP contribution in [-0.2, 0) is 0 Å². The molecule has 20 heavy (non-hydrogen) atoms. The van der Waals surface area contributed by atoms with Crippen molar-refractivity contribution in [2.24, 2.45) is 0 Å². The first-order chi connectivity index (χ1) is 9.75. The summed E-state index contributed by atoms with van der Waals surface area (Å²) in [4.78, 5) is 8.63. The summed E-state index contributed by atoms with van der Waals surface area (Å²) in [7, 11) is 0. The van der Waals surface area contributed by atoms with Crippen LogP contribution in [0.15, 0.2) is 18.6 Å². The van der Waals surface area contributed by atoms with E-state index in [0.29, 0.717) is 11.7 Å². The Hall–Kier alpha value is -1.91. The summed E-state index contributed by atoms with van der Waals surface area (Å²) in [6.07, 6.45) is 13.0. The van der Waals surface area contributed by atoms with Gasteiger partial charge in [-0.2, -0.15) is 5.10 Å². The molecule has 0 aromatic carbocycles. The number of hydrogen-bond donors (Lipinski definition) is 1. The fraction of sp³-hybridized carbons (Fsp3) is 0.533. The third-order valence-electron chi connectivity index (χ3n) is 4.06. The Morgan fingerprint density at radius 3 is 2.45 bits per heavy atom. The molecule has 2 aromatic rings. The summed E-state index contributed by atoms with van der Waals surface area (Å²) in [5.74, 6) is 0. The van der Waals surface area contributed by atoms with Crippen LogP contribution in [0.2, 0.25) is 0 Å². The van der Waals surface area contributed by atoms with Gasteiger partial charge >= 0.3 is 0 Å². The van der Waals surface area contributed by atoms with Gasteiger partial charge in [0.15, 0.2) is 0 Å². The van der Waals surface area contributed by atoms with Crippen molar-refractivity contribution in [2.75, 3.05) is 5.73 Å². The molecular formula is C15H21N5. The van der Waals surface area contributed by atoms with Gasteiger partial charge in [-0.1, -0.05) is 25.7 Å². The van der Waals surface area contributed by atoms with Gasteiger partial charge in [0.1, 0.15) is 11.4 Å². The number of anilines is 1. The number of rotatable bonds is 2. The molecule has 0 spiro atoms. The van der Waals surface area contributed by atoms with Gasteiger partial charge in [-0.3, -0.25) is 14.6 Å². The second kappa shape index (κ2) is 5.61. The highest BCUT2D eigenvalue weighted by molar-refractivity contribution is 5.70. The molecule has 0 unspecified atom stereocenters. The molecule has 0 amide bonds. The van der Waals surface area contributed by atoms with Crippen LogP contribution in [-0.4, -0.2) is 19.7 Å². The van der Waals surface area contributed by atoms with E-state index in [1.165, 1.54) is 38.5 Å². The third kappa shape index (κ3) is 2.53. The molecular weight excluding hydrogens is 250 g/mol. The van der Waals surface area contributed by atoms with Crippen LogP contribution in [0, 0.1) is 6.92 Å². The van der Waals surface area contributed by atoms with Gasteiger partial charge in [0.2, 0.25) is 0 Å². The lowest BCUT2D eigenvalue weighted by molar-refractivity contribution is 0.406. The number of nitrogens with two attached hydrogens (primary N) is 1. The molecule has 0 aliphatic heterocycles. The molecule has 2 N–H and O–H groups in total. The standard InChI is InChI=1S/C15H21N5/c1-11-14(18-9-8-17-11)15-13(16)10-20(19-15)12-6-4-2-3-5-7-12/h8-10,12H,2-7,16H2,1H3. The maximum absolute atomic E-state index is 6.14. The molecule has 5 nitrogen and oxygen atoms in total. The van der Waals surface area contributed by atoms with Gasteiger partial charge in [0.05, 0.1) is 17.4 Å². The average molecular weight is 271 g/mol. The Kier molecular flexibility index (Phi) is 3.67. The molecule has 5 heteroatoms. The van der Waals surface area contributed by atoms with E-state index in [1.807, 2.05) is 17.8 Å². The average Bonchev–Trinajstić information content (AvgIpc) is 2.67. The Balaban J connectivity index is 1.93. The predicted molar refractivity (Wildman–Crippen MR) is 79.1 cm³/mol. The lowest BCUT2D eigenvalue weighted by Crippen LogP contribution is -2.08. The van der Waals surface area contributed by atoms with Crippen LogP contribution in [0.3, 0.4) is 0 Å². The molecule has 0 saturated heterocycles. The van der Waals surface area contributed by atoms with Crippen LogP contribution in [0.5, 0.6) is 0 Å². The Morgan fingerprint density at radius 2 is 1.75 bits per heavy atom. The molecule has 0 radical (unpaired) electrons. The highest BCUT2D eigenvalue weighted by atomic mass is 15.3. The summed E-state index contributed by atoms with van der Waals surface area (Å²) in [6.45, 7) is 1.94. The number of nitrogen functional groups attached to an aromatic ring is 1. The molecule has 106 valence electrons. The normalized spacial score (nSPS) is 17.1. The van der Waals surface area contributed by atoms with Crippen molar-refractivity contribution < 1.29 is 0 Å². The zero-order valence-electron chi connectivity index (χ0n) is 11.9. The lowest BCUT2D eigenvalue weighted by atomic mass is 10.1. The Bertz CT molecular complexity index is 582. The summed E-state index contributed by atoms with van der Waals surface area (Å²) in [5, 5.41) is 4.70. The van der Waals surface area contributed by atoms with E-state index in [-0.39, 0.29) is 0 Å². The van der Waals surface area contributed by atoms with E-state index in [2.05, 4.69) is 9.97 Å². The maximum Gasteiger partial charge on any atom is 0.135 e. The highest BCUT2D eigenvalue weighted by Crippen LogP contribution is 2.30. The van der Waals surface area contributed by atoms with Gasteiger partial charge in [0, 0.05) is 18.6 Å². The van der Waals surface area contributed by atoms with Crippen LogP contribution in [0.4, 0.5) is 5.69 Å². The smallest absolute Gasteiger partial charge is 0.135 e. The number of aromatic nitrogens is 4. The van der Waals surface area contributed by atoms with Gasteiger partial charge in [0.25, 0.3) is 0 Å². The van der Waals surface area contributed by atoms with Gasteiger partial charge < -0.3 is 5.73 Å². The molecule has 0 bridgehead atoms. The topological polar surface area (TPSA) is 69.6 Å². The van der Waals surface area contributed by atoms with Crippen molar-refractivity contribution >= 4 is 5.69 Å². The summed E-state index contributed by atoms with van der Waals surface area (Å²) >= 11 is 0. The van der Waals surface area contributed by atoms with Crippen LogP contribution in [0.25, 0.3) is 11.4 Å². The zero-order chi connectivity index (χ0) is 13.9. The number of aryl methyl sites for hydroxylation is 1. The molecule has 1 fully saturated rings. The highest BCUT2D eigenvalue weighted by Gasteiger charge is 2.19. The van der Waals surface area contributed by atoms with E-state index in [4.69, 9.17) is 10.8 Å². The Labute approximate surface area is 119 Å². The van der Waals surface area contributed by atoms with Crippen LogP contribution >= 0.6 is 0 Å². The second-order valence-corrected chi connectivity index (χ2v) is 5.55. The molecule has 0 atom stereocenters. The first kappa shape index (κ1) is 13.1. The predicted octanol–water partition coefficient (Wildman–Crippen LogP) is 3.13. The van der Waals surface area contributed by atoms with Crippen molar-refractivity contribution in [3.63, 3.8) is 0 Å². The van der Waals surface area contributed by atoms with Crippen LogP contribution < -0.4 is 5.73 Å². The number of nitrogens with zero attached hydrogens (tertiary/aromatic N) is 4. The molecule has 2 heterocycles. The van der Waals surface area contributed by atoms with Gasteiger partial charge in [-0.15, -0.1) is 0 Å². The summed E-state index contributed by atoms with van der Waals surface area (Å²) < 4.78 is 2.05. The van der Waals surface area contributed by atoms with E-state index in [0.717, 1.165) is 17.1 Å². The molecule has 3 rings (SSSR count). The zero-order valence-corrected chi connectivity index (χ0v) is 11.9. The minimum absolute atomic E-state index is 0.477. The minimum Gasteiger partial charge on any atom is -0.396 e. The minimum atomic E-state index is 0.477. The number of hydrogen-bond acceptors (Lipinski definition) is 4. The third-order valence-corrected chi connectivity index (χ3v) is 4.06. The SMILES string of the molecule is Cc1nccnc1-c1nn(C2CCCCCC2)cc1N. The summed E-state index contributed by atoms with van der Waals surface area (Å²) in [5.41, 5.74) is 9.25. The van der Waals surface area contributed by atoms with Crippen molar-refractivity contribution in [3.8, 4) is 11.4 Å². The largest absolute Gasteiger partial charge is 0.396 e. The van der Waals surface area contributed by atoms with E-state index >= 15 is 0 Å². The monoisotopic (exact) mass is 271 g/mol. The Morgan fingerprint density at radius 1 is 1.05 bits per heavy atom. The quantitative estimate of drug-likeness (QED) is 0.852.